The normalized spacial score (nSPS) is 12.0. The zero-order valence-electron chi connectivity index (χ0n) is 14.9. The molecule has 0 aliphatic carbocycles. The molecule has 0 aliphatic heterocycles. The van der Waals surface area contributed by atoms with Crippen molar-refractivity contribution in [3.63, 3.8) is 0 Å². The van der Waals surface area contributed by atoms with Gasteiger partial charge < -0.3 is 14.4 Å². The Kier molecular flexibility index (Phi) is 8.06. The third kappa shape index (κ3) is 7.15. The number of hydrogen-bond acceptors (Lipinski definition) is 9. The van der Waals surface area contributed by atoms with E-state index in [4.69, 9.17) is 0 Å². The van der Waals surface area contributed by atoms with E-state index in [0.717, 1.165) is 14.2 Å². The van der Waals surface area contributed by atoms with Gasteiger partial charge in [-0.1, -0.05) is 30.3 Å². The lowest BCUT2D eigenvalue weighted by Gasteiger charge is -2.24. The van der Waals surface area contributed by atoms with Crippen LogP contribution < -0.4 is 0 Å². The Balaban J connectivity index is 3.25. The van der Waals surface area contributed by atoms with Crippen molar-refractivity contribution in [2.75, 3.05) is 33.6 Å². The molecule has 0 saturated carbocycles. The largest absolute Gasteiger partial charge is 0.468 e. The number of carbonyl (C=O) groups excluding carboxylic acids is 4. The molecule has 1 rings (SSSR count). The standard InChI is InChI=1S/C16H19NO9S/c1-24-12(18)9-17(10-13(19)25-2)16(21)15(26-27(3,22)23)14(20)11-7-5-4-6-8-11/h4-8,15H,9-10H2,1-3H3. The SMILES string of the molecule is COC(=O)CN(CC(=O)OC)C(=O)C(OS(C)(=O)=O)C(=O)c1ccccc1. The highest BCUT2D eigenvalue weighted by Crippen LogP contribution is 2.12. The van der Waals surface area contributed by atoms with Gasteiger partial charge in [0, 0.05) is 5.56 Å². The molecule has 0 bridgehead atoms. The Morgan fingerprint density at radius 2 is 1.44 bits per heavy atom. The lowest BCUT2D eigenvalue weighted by Crippen LogP contribution is -2.49. The molecule has 1 unspecified atom stereocenters. The summed E-state index contributed by atoms with van der Waals surface area (Å²) in [5.74, 6) is -3.94. The number of methoxy groups -OCH3 is 2. The molecule has 1 amide bonds. The number of hydrogen-bond donors (Lipinski definition) is 0. The van der Waals surface area contributed by atoms with Crippen molar-refractivity contribution >= 4 is 33.7 Å². The van der Waals surface area contributed by atoms with Crippen molar-refractivity contribution in [3.05, 3.63) is 35.9 Å². The van der Waals surface area contributed by atoms with Gasteiger partial charge in [-0.2, -0.15) is 8.42 Å². The molecule has 0 N–H and O–H groups in total. The second kappa shape index (κ2) is 9.78. The van der Waals surface area contributed by atoms with Crippen LogP contribution >= 0.6 is 0 Å². The maximum Gasteiger partial charge on any atom is 0.325 e. The number of ketones is 1. The maximum atomic E-state index is 12.7. The van der Waals surface area contributed by atoms with Gasteiger partial charge >= 0.3 is 11.9 Å². The number of esters is 2. The fraction of sp³-hybridized carbons (Fsp3) is 0.375. The van der Waals surface area contributed by atoms with Crippen LogP contribution in [-0.2, 0) is 38.2 Å². The fourth-order valence-electron chi connectivity index (χ4n) is 1.94. The third-order valence-electron chi connectivity index (χ3n) is 3.20. The van der Waals surface area contributed by atoms with Gasteiger partial charge in [-0.3, -0.25) is 19.2 Å². The second-order valence-corrected chi connectivity index (χ2v) is 6.86. The lowest BCUT2D eigenvalue weighted by molar-refractivity contribution is -0.153. The van der Waals surface area contributed by atoms with E-state index in [1.165, 1.54) is 24.3 Å². The molecule has 1 aromatic carbocycles. The summed E-state index contributed by atoms with van der Waals surface area (Å²) >= 11 is 0. The summed E-state index contributed by atoms with van der Waals surface area (Å²) in [6.45, 7) is -1.42. The molecular weight excluding hydrogens is 382 g/mol. The first-order chi connectivity index (χ1) is 12.6. The van der Waals surface area contributed by atoms with E-state index in [2.05, 4.69) is 13.7 Å². The molecule has 148 valence electrons. The molecule has 0 spiro atoms. The number of ether oxygens (including phenoxy) is 2. The Labute approximate surface area is 156 Å². The average molecular weight is 401 g/mol. The maximum absolute atomic E-state index is 12.7. The van der Waals surface area contributed by atoms with Crippen LogP contribution in [0.4, 0.5) is 0 Å². The van der Waals surface area contributed by atoms with Crippen LogP contribution in [0.3, 0.4) is 0 Å². The topological polar surface area (TPSA) is 133 Å². The van der Waals surface area contributed by atoms with Gasteiger partial charge in [0.1, 0.15) is 13.1 Å². The summed E-state index contributed by atoms with van der Waals surface area (Å²) in [5.41, 5.74) is 0.00980. The van der Waals surface area contributed by atoms with Gasteiger partial charge in [0.2, 0.25) is 11.9 Å². The number of carbonyl (C=O) groups is 4. The van der Waals surface area contributed by atoms with Crippen molar-refractivity contribution in [1.82, 2.24) is 4.90 Å². The van der Waals surface area contributed by atoms with E-state index in [1.807, 2.05) is 0 Å². The summed E-state index contributed by atoms with van der Waals surface area (Å²) in [7, 11) is -2.11. The van der Waals surface area contributed by atoms with E-state index >= 15 is 0 Å². The minimum absolute atomic E-state index is 0.00980. The Morgan fingerprint density at radius 1 is 0.963 bits per heavy atom. The highest BCUT2D eigenvalue weighted by atomic mass is 32.2. The van der Waals surface area contributed by atoms with Gasteiger partial charge in [0.25, 0.3) is 16.0 Å². The number of benzene rings is 1. The van der Waals surface area contributed by atoms with Crippen LogP contribution in [0.25, 0.3) is 0 Å². The van der Waals surface area contributed by atoms with E-state index < -0.39 is 52.9 Å². The van der Waals surface area contributed by atoms with Crippen molar-refractivity contribution in [3.8, 4) is 0 Å². The minimum Gasteiger partial charge on any atom is -0.468 e. The first-order valence-corrected chi connectivity index (χ1v) is 9.30. The number of nitrogens with zero attached hydrogens (tertiary/aromatic N) is 1. The van der Waals surface area contributed by atoms with Crippen LogP contribution in [0, 0.1) is 0 Å². The second-order valence-electron chi connectivity index (χ2n) is 5.26. The summed E-state index contributed by atoms with van der Waals surface area (Å²) in [4.78, 5) is 49.0. The molecule has 0 radical (unpaired) electrons. The molecule has 0 fully saturated rings. The molecule has 0 saturated heterocycles. The summed E-state index contributed by atoms with van der Waals surface area (Å²) < 4.78 is 36.6. The van der Waals surface area contributed by atoms with Crippen molar-refractivity contribution < 1.29 is 41.3 Å². The molecule has 0 heterocycles. The van der Waals surface area contributed by atoms with Gasteiger partial charge in [-0.15, -0.1) is 0 Å². The predicted octanol–water partition coefficient (Wildman–Crippen LogP) is -0.611. The number of amides is 1. The van der Waals surface area contributed by atoms with Gasteiger partial charge in [0.15, 0.2) is 0 Å². The van der Waals surface area contributed by atoms with Crippen LogP contribution in [0.5, 0.6) is 0 Å². The lowest BCUT2D eigenvalue weighted by atomic mass is 10.1. The summed E-state index contributed by atoms with van der Waals surface area (Å²) in [6, 6.07) is 7.36. The van der Waals surface area contributed by atoms with Crippen LogP contribution in [0.1, 0.15) is 10.4 Å². The molecule has 1 aromatic rings. The summed E-state index contributed by atoms with van der Waals surface area (Å²) in [5, 5.41) is 0. The average Bonchev–Trinajstić information content (AvgIpc) is 2.64. The number of Topliss-reactive ketones (excluding diaryl/α,β-unsaturated/α-hetero) is 1. The quantitative estimate of drug-likeness (QED) is 0.230. The van der Waals surface area contributed by atoms with Crippen LogP contribution in [-0.4, -0.2) is 76.6 Å². The van der Waals surface area contributed by atoms with Crippen molar-refractivity contribution in [2.24, 2.45) is 0 Å². The van der Waals surface area contributed by atoms with Crippen LogP contribution in [0.2, 0.25) is 0 Å². The Hall–Kier alpha value is -2.79. The zero-order valence-corrected chi connectivity index (χ0v) is 15.7. The van der Waals surface area contributed by atoms with Crippen molar-refractivity contribution in [2.45, 2.75) is 6.10 Å². The molecule has 11 heteroatoms. The first kappa shape index (κ1) is 22.3. The smallest absolute Gasteiger partial charge is 0.325 e. The molecule has 27 heavy (non-hydrogen) atoms. The van der Waals surface area contributed by atoms with Gasteiger partial charge in [-0.05, 0) is 0 Å². The Morgan fingerprint density at radius 3 is 1.85 bits per heavy atom. The monoisotopic (exact) mass is 401 g/mol. The highest BCUT2D eigenvalue weighted by Gasteiger charge is 2.37. The summed E-state index contributed by atoms with van der Waals surface area (Å²) in [6.07, 6.45) is -1.45. The molecule has 10 nitrogen and oxygen atoms in total. The van der Waals surface area contributed by atoms with E-state index in [-0.39, 0.29) is 5.56 Å². The number of rotatable bonds is 9. The molecule has 0 aliphatic rings. The fourth-order valence-corrected chi connectivity index (χ4v) is 2.46. The van der Waals surface area contributed by atoms with E-state index in [1.54, 1.807) is 6.07 Å². The molecule has 1 atom stereocenters. The predicted molar refractivity (Wildman–Crippen MR) is 91.1 cm³/mol. The molecule has 0 aromatic heterocycles. The van der Waals surface area contributed by atoms with E-state index in [0.29, 0.717) is 11.2 Å². The van der Waals surface area contributed by atoms with Crippen molar-refractivity contribution in [1.29, 1.82) is 0 Å². The first-order valence-electron chi connectivity index (χ1n) is 7.49. The molecular formula is C16H19NO9S. The van der Waals surface area contributed by atoms with Gasteiger partial charge in [0.05, 0.1) is 20.5 Å². The highest BCUT2D eigenvalue weighted by molar-refractivity contribution is 7.86. The minimum atomic E-state index is -4.22. The Bertz CT molecular complexity index is 786. The third-order valence-corrected chi connectivity index (χ3v) is 3.74. The van der Waals surface area contributed by atoms with Gasteiger partial charge in [-0.25, -0.2) is 4.18 Å². The van der Waals surface area contributed by atoms with E-state index in [9.17, 15) is 27.6 Å². The zero-order chi connectivity index (χ0) is 20.6. The van der Waals surface area contributed by atoms with Crippen LogP contribution in [0.15, 0.2) is 30.3 Å².